The first-order chi connectivity index (χ1) is 28.6. The van der Waals surface area contributed by atoms with Gasteiger partial charge in [0.2, 0.25) is 0 Å². The van der Waals surface area contributed by atoms with Crippen molar-refractivity contribution in [1.29, 1.82) is 0 Å². The predicted molar refractivity (Wildman–Crippen MR) is 248 cm³/mol. The van der Waals surface area contributed by atoms with E-state index in [-0.39, 0.29) is 0 Å². The summed E-state index contributed by atoms with van der Waals surface area (Å²) in [5, 5.41) is 6.12. The maximum Gasteiger partial charge on any atom is 0.200 e. The van der Waals surface area contributed by atoms with Crippen molar-refractivity contribution >= 4 is 28.0 Å². The molecule has 0 unspecified atom stereocenters. The van der Waals surface area contributed by atoms with Gasteiger partial charge in [0.25, 0.3) is 0 Å². The van der Waals surface area contributed by atoms with Gasteiger partial charge in [-0.05, 0) is 68.6 Å². The van der Waals surface area contributed by atoms with Crippen LogP contribution in [0.25, 0.3) is 11.1 Å². The van der Waals surface area contributed by atoms with E-state index in [0.29, 0.717) is 161 Å². The first-order valence-corrected chi connectivity index (χ1v) is 26.7. The Labute approximate surface area is 364 Å². The number of anilines is 2. The Morgan fingerprint density at radius 1 is 0.383 bits per heavy atom. The lowest BCUT2D eigenvalue weighted by Crippen LogP contribution is -2.48. The average Bonchev–Trinajstić information content (AvgIpc) is 3.18. The molecule has 0 saturated heterocycles. The molecule has 0 atom stereocenters. The second-order valence-electron chi connectivity index (χ2n) is 17.2. The lowest BCUT2D eigenvalue weighted by Gasteiger charge is -2.42. The fourth-order valence-corrected chi connectivity index (χ4v) is 19.7. The van der Waals surface area contributed by atoms with E-state index in [1.165, 1.54) is 12.1 Å². The van der Waals surface area contributed by atoms with Crippen molar-refractivity contribution in [3.8, 4) is 11.1 Å². The number of ether oxygens (including phenoxy) is 6. The molecule has 0 aliphatic heterocycles. The van der Waals surface area contributed by atoms with Gasteiger partial charge in [0.15, 0.2) is 16.6 Å². The van der Waals surface area contributed by atoms with Gasteiger partial charge in [-0.2, -0.15) is 0 Å². The Balaban J connectivity index is 1.54. The van der Waals surface area contributed by atoms with Crippen LogP contribution in [0.5, 0.6) is 0 Å². The highest BCUT2D eigenvalue weighted by atomic mass is 28.4. The maximum atomic E-state index is 14.9. The van der Waals surface area contributed by atoms with Crippen molar-refractivity contribution in [1.82, 2.24) is 0 Å². The zero-order valence-electron chi connectivity index (χ0n) is 39.3. The molecule has 60 heavy (non-hydrogen) atoms. The number of hydrogen-bond acceptors (Lipinski definition) is 10. The Morgan fingerprint density at radius 3 is 0.883 bits per heavy atom. The normalized spacial score (nSPS) is 12.7. The van der Waals surface area contributed by atoms with Crippen LogP contribution in [-0.2, 0) is 37.3 Å². The van der Waals surface area contributed by atoms with Crippen molar-refractivity contribution in [2.24, 2.45) is 0 Å². The van der Waals surface area contributed by atoms with Crippen LogP contribution < -0.4 is 10.6 Å². The summed E-state index contributed by atoms with van der Waals surface area (Å²) in [6.45, 7) is 35.2. The lowest BCUT2D eigenvalue weighted by molar-refractivity contribution is 0.00980. The molecule has 0 aliphatic carbocycles. The molecule has 0 fully saturated rings. The number of rotatable bonds is 35. The van der Waals surface area contributed by atoms with E-state index in [2.05, 4.69) is 93.7 Å². The van der Waals surface area contributed by atoms with Crippen LogP contribution in [0.15, 0.2) is 36.4 Å². The number of halogens is 2. The van der Waals surface area contributed by atoms with Crippen LogP contribution in [0.3, 0.4) is 0 Å². The van der Waals surface area contributed by atoms with Crippen molar-refractivity contribution < 1.29 is 46.1 Å². The molecule has 346 valence electrons. The predicted octanol–water partition coefficient (Wildman–Crippen LogP) is 10.9. The molecule has 2 aromatic rings. The third kappa shape index (κ3) is 17.6. The minimum Gasteiger partial charge on any atom is -0.414 e. The topological polar surface area (TPSA) is 97.9 Å². The molecule has 10 nitrogen and oxygen atoms in total. The molecule has 0 spiro atoms. The van der Waals surface area contributed by atoms with Crippen LogP contribution in [0, 0.1) is 11.6 Å². The first-order valence-electron chi connectivity index (χ1n) is 22.4. The summed E-state index contributed by atoms with van der Waals surface area (Å²) in [7, 11) is -3.73. The van der Waals surface area contributed by atoms with Gasteiger partial charge in [0.1, 0.15) is 11.6 Å². The van der Waals surface area contributed by atoms with Gasteiger partial charge in [-0.1, -0.05) is 95.2 Å². The van der Waals surface area contributed by atoms with Crippen LogP contribution in [0.4, 0.5) is 20.2 Å². The summed E-state index contributed by atoms with van der Waals surface area (Å²) in [4.78, 5) is 0. The van der Waals surface area contributed by atoms with Gasteiger partial charge >= 0.3 is 0 Å². The minimum absolute atomic E-state index is 0.357. The molecule has 14 heteroatoms. The highest BCUT2D eigenvalue weighted by Crippen LogP contribution is 2.43. The van der Waals surface area contributed by atoms with Crippen molar-refractivity contribution in [2.75, 3.05) is 116 Å². The zero-order chi connectivity index (χ0) is 44.6. The number of nitrogens with one attached hydrogen (secondary N) is 2. The van der Waals surface area contributed by atoms with E-state index in [4.69, 9.17) is 37.3 Å². The van der Waals surface area contributed by atoms with E-state index in [0.717, 1.165) is 0 Å². The summed E-state index contributed by atoms with van der Waals surface area (Å²) < 4.78 is 76.8. The molecule has 0 aromatic heterocycles. The summed E-state index contributed by atoms with van der Waals surface area (Å²) in [6, 6.07) is 9.65. The van der Waals surface area contributed by atoms with Gasteiger partial charge in [-0.25, -0.2) is 8.78 Å². The molecule has 2 rings (SSSR count). The summed E-state index contributed by atoms with van der Waals surface area (Å²) in [5.74, 6) is -0.842. The second kappa shape index (κ2) is 29.4. The van der Waals surface area contributed by atoms with Crippen molar-refractivity contribution in [3.63, 3.8) is 0 Å². The molecule has 0 bridgehead atoms. The fraction of sp³-hybridized carbons (Fsp3) is 0.739. The molecule has 0 saturated carbocycles. The lowest BCUT2D eigenvalue weighted by atomic mass is 10.0. The van der Waals surface area contributed by atoms with Gasteiger partial charge in [0, 0.05) is 13.1 Å². The highest BCUT2D eigenvalue weighted by molar-refractivity contribution is 6.78. The molecule has 0 radical (unpaired) electrons. The molecule has 2 aromatic carbocycles. The van der Waals surface area contributed by atoms with Crippen molar-refractivity contribution in [3.05, 3.63) is 48.0 Å². The quantitative estimate of drug-likeness (QED) is 0.0514. The third-order valence-electron chi connectivity index (χ3n) is 11.5. The average molecular weight is 885 g/mol. The molecule has 0 heterocycles. The van der Waals surface area contributed by atoms with E-state index >= 15 is 0 Å². The van der Waals surface area contributed by atoms with E-state index in [9.17, 15) is 8.78 Å². The summed E-state index contributed by atoms with van der Waals surface area (Å²) >= 11 is 0. The van der Waals surface area contributed by atoms with Crippen LogP contribution in [0.2, 0.25) is 33.2 Å². The minimum atomic E-state index is -1.86. The van der Waals surface area contributed by atoms with Crippen LogP contribution in [0.1, 0.15) is 83.1 Å². The van der Waals surface area contributed by atoms with Crippen LogP contribution in [-0.4, -0.2) is 122 Å². The largest absolute Gasteiger partial charge is 0.414 e. The third-order valence-corrected chi connectivity index (χ3v) is 23.7. The fourth-order valence-electron chi connectivity index (χ4n) is 8.83. The van der Waals surface area contributed by atoms with Crippen molar-refractivity contribution in [2.45, 2.75) is 116 Å². The maximum absolute atomic E-state index is 14.9. The molecule has 0 aliphatic rings. The molecular weight excluding hydrogens is 803 g/mol. The Bertz CT molecular complexity index is 1290. The van der Waals surface area contributed by atoms with E-state index < -0.39 is 28.3 Å². The Kier molecular flexibility index (Phi) is 26.5. The number of benzene rings is 2. The molecule has 2 N–H and O–H groups in total. The molecular formula is C46H82F2N2O8Si2. The van der Waals surface area contributed by atoms with Gasteiger partial charge in [0.05, 0.1) is 104 Å². The summed E-state index contributed by atoms with van der Waals surface area (Å²) in [5.41, 5.74) is 5.20. The SMILES string of the molecule is CC(C)[Si](OCCOCCOCCOCCNc1ccc(-c2ccc(NCCOCCOCCOCCO[Si](C(C)C)(C(C)C)C(C)C)c(F)c2)cc1F)(C(C)C)C(C)C. The van der Waals surface area contributed by atoms with Crippen LogP contribution >= 0.6 is 0 Å². The van der Waals surface area contributed by atoms with Gasteiger partial charge in [-0.15, -0.1) is 0 Å². The monoisotopic (exact) mass is 885 g/mol. The summed E-state index contributed by atoms with van der Waals surface area (Å²) in [6.07, 6.45) is 0. The Hall–Kier alpha value is -1.99. The second-order valence-corrected chi connectivity index (χ2v) is 28.2. The molecule has 0 amide bonds. The van der Waals surface area contributed by atoms with Gasteiger partial charge in [-0.3, -0.25) is 0 Å². The standard InChI is InChI=1S/C46H82F2N2O8Si2/c1-35(2)59(36(3)4,37(5)6)57-31-29-55-27-25-53-23-21-51-19-17-49-45-15-13-41(33-43(45)47)42-14-16-46(44(48)34-42)50-18-20-52-22-24-54-26-28-56-30-32-58-60(38(7)8,39(9)10)40(11)12/h13-16,33-40,49-50H,17-32H2,1-12H3. The first kappa shape index (κ1) is 54.1. The highest BCUT2D eigenvalue weighted by Gasteiger charge is 2.45. The van der Waals surface area contributed by atoms with E-state index in [1.54, 1.807) is 24.3 Å². The zero-order valence-corrected chi connectivity index (χ0v) is 41.3. The number of hydrogen-bond donors (Lipinski definition) is 2. The van der Waals surface area contributed by atoms with E-state index in [1.807, 2.05) is 0 Å². The Morgan fingerprint density at radius 2 is 0.633 bits per heavy atom. The van der Waals surface area contributed by atoms with Gasteiger partial charge < -0.3 is 47.9 Å². The smallest absolute Gasteiger partial charge is 0.200 e.